The van der Waals surface area contributed by atoms with Gasteiger partial charge in [-0.25, -0.2) is 0 Å². The van der Waals surface area contributed by atoms with E-state index in [-0.39, 0.29) is 5.91 Å². The molecule has 1 aromatic carbocycles. The van der Waals surface area contributed by atoms with E-state index in [0.717, 1.165) is 29.4 Å². The largest absolute Gasteiger partial charge is 0.385 e. The quantitative estimate of drug-likeness (QED) is 0.838. The first-order chi connectivity index (χ1) is 9.65. The Balaban J connectivity index is 1.84. The lowest BCUT2D eigenvalue weighted by molar-refractivity contribution is -0.114. The van der Waals surface area contributed by atoms with Crippen LogP contribution in [0.4, 0.5) is 11.4 Å². The summed E-state index contributed by atoms with van der Waals surface area (Å²) >= 11 is 0. The van der Waals surface area contributed by atoms with E-state index < -0.39 is 0 Å². The molecular weight excluding hydrogens is 248 g/mol. The summed E-state index contributed by atoms with van der Waals surface area (Å²) in [6.07, 6.45) is 8.27. The van der Waals surface area contributed by atoms with Crippen LogP contribution in [0.15, 0.2) is 18.2 Å². The van der Waals surface area contributed by atoms with Gasteiger partial charge in [0.15, 0.2) is 0 Å². The highest BCUT2D eigenvalue weighted by atomic mass is 16.1. The van der Waals surface area contributed by atoms with Crippen LogP contribution in [0.5, 0.6) is 0 Å². The molecule has 1 aliphatic rings. The topological polar surface area (TPSA) is 41.1 Å². The van der Waals surface area contributed by atoms with Crippen LogP contribution in [0.2, 0.25) is 0 Å². The Kier molecular flexibility index (Phi) is 5.45. The van der Waals surface area contributed by atoms with Crippen LogP contribution < -0.4 is 10.6 Å². The van der Waals surface area contributed by atoms with Gasteiger partial charge < -0.3 is 10.6 Å². The van der Waals surface area contributed by atoms with Gasteiger partial charge in [0, 0.05) is 24.8 Å². The SMILES string of the molecule is CC(=O)Nc1cc(NCCC2CCCCC2)ccc1C. The minimum absolute atomic E-state index is 0.0209. The Hall–Kier alpha value is -1.51. The molecule has 1 saturated carbocycles. The van der Waals surface area contributed by atoms with Crippen LogP contribution >= 0.6 is 0 Å². The highest BCUT2D eigenvalue weighted by Gasteiger charge is 2.12. The number of carbonyl (C=O) groups excluding carboxylic acids is 1. The lowest BCUT2D eigenvalue weighted by Gasteiger charge is -2.21. The second-order valence-electron chi connectivity index (χ2n) is 5.93. The van der Waals surface area contributed by atoms with Gasteiger partial charge in [-0.05, 0) is 37.0 Å². The standard InChI is InChI=1S/C17H26N2O/c1-13-8-9-16(12-17(13)19-14(2)20)18-11-10-15-6-4-3-5-7-15/h8-9,12,15,18H,3-7,10-11H2,1-2H3,(H,19,20). The second kappa shape index (κ2) is 7.32. The van der Waals surface area contributed by atoms with Gasteiger partial charge in [0.1, 0.15) is 0 Å². The minimum atomic E-state index is -0.0209. The third kappa shape index (κ3) is 4.55. The molecule has 0 atom stereocenters. The molecule has 1 fully saturated rings. The average molecular weight is 274 g/mol. The summed E-state index contributed by atoms with van der Waals surface area (Å²) < 4.78 is 0. The van der Waals surface area contributed by atoms with Crippen molar-refractivity contribution in [3.05, 3.63) is 23.8 Å². The van der Waals surface area contributed by atoms with Crippen molar-refractivity contribution < 1.29 is 4.79 Å². The van der Waals surface area contributed by atoms with Crippen molar-refractivity contribution in [3.63, 3.8) is 0 Å². The predicted molar refractivity (Wildman–Crippen MR) is 85.2 cm³/mol. The number of amides is 1. The number of aryl methyl sites for hydroxylation is 1. The van der Waals surface area contributed by atoms with Crippen LogP contribution in [0.1, 0.15) is 51.0 Å². The fourth-order valence-corrected chi connectivity index (χ4v) is 2.95. The predicted octanol–water partition coefficient (Wildman–Crippen LogP) is 4.34. The van der Waals surface area contributed by atoms with Crippen LogP contribution in [-0.2, 0) is 4.79 Å². The van der Waals surface area contributed by atoms with Crippen molar-refractivity contribution in [1.82, 2.24) is 0 Å². The van der Waals surface area contributed by atoms with Crippen LogP contribution in [0.3, 0.4) is 0 Å². The first-order valence-electron chi connectivity index (χ1n) is 7.77. The summed E-state index contributed by atoms with van der Waals surface area (Å²) in [5, 5.41) is 6.36. The molecule has 0 heterocycles. The Labute approximate surface area is 122 Å². The van der Waals surface area contributed by atoms with E-state index in [1.807, 2.05) is 19.1 Å². The van der Waals surface area contributed by atoms with Gasteiger partial charge in [-0.1, -0.05) is 38.2 Å². The lowest BCUT2D eigenvalue weighted by atomic mass is 9.87. The van der Waals surface area contributed by atoms with Crippen molar-refractivity contribution in [3.8, 4) is 0 Å². The molecule has 20 heavy (non-hydrogen) atoms. The van der Waals surface area contributed by atoms with E-state index in [9.17, 15) is 4.79 Å². The van der Waals surface area contributed by atoms with E-state index in [2.05, 4.69) is 16.7 Å². The van der Waals surface area contributed by atoms with Crippen molar-refractivity contribution in [2.45, 2.75) is 52.4 Å². The molecule has 0 unspecified atom stereocenters. The molecule has 1 aromatic rings. The van der Waals surface area contributed by atoms with Crippen LogP contribution in [0, 0.1) is 12.8 Å². The summed E-state index contributed by atoms with van der Waals surface area (Å²) in [5.41, 5.74) is 3.09. The monoisotopic (exact) mass is 274 g/mol. The number of benzene rings is 1. The molecule has 1 amide bonds. The van der Waals surface area contributed by atoms with Gasteiger partial charge in [-0.15, -0.1) is 0 Å². The Bertz CT molecular complexity index is 450. The van der Waals surface area contributed by atoms with E-state index in [1.165, 1.54) is 38.5 Å². The van der Waals surface area contributed by atoms with Crippen LogP contribution in [-0.4, -0.2) is 12.5 Å². The maximum atomic E-state index is 11.2. The molecule has 0 spiro atoms. The smallest absolute Gasteiger partial charge is 0.221 e. The van der Waals surface area contributed by atoms with E-state index in [4.69, 9.17) is 0 Å². The molecule has 1 aliphatic carbocycles. The molecule has 3 heteroatoms. The molecule has 0 aromatic heterocycles. The number of hydrogen-bond acceptors (Lipinski definition) is 2. The Morgan fingerprint density at radius 3 is 2.70 bits per heavy atom. The number of carbonyl (C=O) groups is 1. The number of nitrogens with one attached hydrogen (secondary N) is 2. The molecule has 110 valence electrons. The fourth-order valence-electron chi connectivity index (χ4n) is 2.95. The maximum Gasteiger partial charge on any atom is 0.221 e. The lowest BCUT2D eigenvalue weighted by Crippen LogP contribution is -2.12. The molecule has 3 nitrogen and oxygen atoms in total. The second-order valence-corrected chi connectivity index (χ2v) is 5.93. The molecule has 0 aliphatic heterocycles. The molecule has 2 rings (SSSR count). The summed E-state index contributed by atoms with van der Waals surface area (Å²) in [6, 6.07) is 6.16. The summed E-state index contributed by atoms with van der Waals surface area (Å²) in [4.78, 5) is 11.2. The first kappa shape index (κ1) is 14.9. The van der Waals surface area contributed by atoms with Gasteiger partial charge in [-0.3, -0.25) is 4.79 Å². The van der Waals surface area contributed by atoms with Crippen LogP contribution in [0.25, 0.3) is 0 Å². The number of rotatable bonds is 5. The van der Waals surface area contributed by atoms with E-state index >= 15 is 0 Å². The zero-order valence-electron chi connectivity index (χ0n) is 12.7. The fraction of sp³-hybridized carbons (Fsp3) is 0.588. The third-order valence-corrected chi connectivity index (χ3v) is 4.15. The molecule has 0 bridgehead atoms. The third-order valence-electron chi connectivity index (χ3n) is 4.15. The van der Waals surface area contributed by atoms with Crippen molar-refractivity contribution in [1.29, 1.82) is 0 Å². The molecule has 0 radical (unpaired) electrons. The Morgan fingerprint density at radius 1 is 1.25 bits per heavy atom. The molecule has 0 saturated heterocycles. The summed E-state index contributed by atoms with van der Waals surface area (Å²) in [7, 11) is 0. The molecule has 2 N–H and O–H groups in total. The number of anilines is 2. The minimum Gasteiger partial charge on any atom is -0.385 e. The van der Waals surface area contributed by atoms with E-state index in [1.54, 1.807) is 6.92 Å². The van der Waals surface area contributed by atoms with Gasteiger partial charge in [0.05, 0.1) is 0 Å². The number of hydrogen-bond donors (Lipinski definition) is 2. The normalized spacial score (nSPS) is 15.9. The Morgan fingerprint density at radius 2 is 2.00 bits per heavy atom. The maximum absolute atomic E-state index is 11.2. The van der Waals surface area contributed by atoms with Gasteiger partial charge in [0.2, 0.25) is 5.91 Å². The van der Waals surface area contributed by atoms with Crippen molar-refractivity contribution in [2.24, 2.45) is 5.92 Å². The molecular formula is C17H26N2O. The average Bonchev–Trinajstić information content (AvgIpc) is 2.43. The van der Waals surface area contributed by atoms with Crippen molar-refractivity contribution in [2.75, 3.05) is 17.2 Å². The highest BCUT2D eigenvalue weighted by molar-refractivity contribution is 5.90. The van der Waals surface area contributed by atoms with Gasteiger partial charge in [-0.2, -0.15) is 0 Å². The summed E-state index contributed by atoms with van der Waals surface area (Å²) in [6.45, 7) is 4.58. The van der Waals surface area contributed by atoms with E-state index in [0.29, 0.717) is 0 Å². The van der Waals surface area contributed by atoms with Crippen molar-refractivity contribution >= 4 is 17.3 Å². The summed E-state index contributed by atoms with van der Waals surface area (Å²) in [5.74, 6) is 0.879. The van der Waals surface area contributed by atoms with Gasteiger partial charge in [0.25, 0.3) is 0 Å². The van der Waals surface area contributed by atoms with Gasteiger partial charge >= 0.3 is 0 Å². The zero-order chi connectivity index (χ0) is 14.4. The zero-order valence-corrected chi connectivity index (χ0v) is 12.7. The highest BCUT2D eigenvalue weighted by Crippen LogP contribution is 2.26. The first-order valence-corrected chi connectivity index (χ1v) is 7.77.